The number of carbonyl (C=O) groups excluding carboxylic acids is 1. The molecule has 0 radical (unpaired) electrons. The summed E-state index contributed by atoms with van der Waals surface area (Å²) in [5.41, 5.74) is 0.958. The number of rotatable bonds is 5. The molecular weight excluding hydrogens is 255 g/mol. The quantitative estimate of drug-likeness (QED) is 0.839. The zero-order valence-electron chi connectivity index (χ0n) is 11.9. The van der Waals surface area contributed by atoms with Gasteiger partial charge in [0.25, 0.3) is 0 Å². The van der Waals surface area contributed by atoms with Crippen molar-refractivity contribution in [3.8, 4) is 0 Å². The van der Waals surface area contributed by atoms with E-state index in [0.29, 0.717) is 13.1 Å². The predicted molar refractivity (Wildman–Crippen MR) is 78.0 cm³/mol. The van der Waals surface area contributed by atoms with E-state index in [1.807, 2.05) is 11.0 Å². The van der Waals surface area contributed by atoms with E-state index in [4.69, 9.17) is 0 Å². The summed E-state index contributed by atoms with van der Waals surface area (Å²) in [7, 11) is 0. The highest BCUT2D eigenvalue weighted by molar-refractivity contribution is 5.78. The van der Waals surface area contributed by atoms with E-state index in [1.165, 1.54) is 25.0 Å². The first kappa shape index (κ1) is 15.0. The average molecular weight is 278 g/mol. The van der Waals surface area contributed by atoms with Crippen LogP contribution >= 0.6 is 0 Å². The van der Waals surface area contributed by atoms with Gasteiger partial charge in [0, 0.05) is 13.1 Å². The van der Waals surface area contributed by atoms with Crippen LogP contribution in [0, 0.1) is 5.82 Å². The maximum absolute atomic E-state index is 13.0. The van der Waals surface area contributed by atoms with Crippen LogP contribution in [0.1, 0.15) is 31.2 Å². The van der Waals surface area contributed by atoms with Gasteiger partial charge in [0.1, 0.15) is 5.82 Å². The van der Waals surface area contributed by atoms with Crippen molar-refractivity contribution in [1.29, 1.82) is 0 Å². The van der Waals surface area contributed by atoms with Crippen LogP contribution < -0.4 is 5.32 Å². The molecule has 0 aliphatic carbocycles. The summed E-state index contributed by atoms with van der Waals surface area (Å²) in [6.07, 6.45) is 5.45. The lowest BCUT2D eigenvalue weighted by atomic mass is 10.1. The fourth-order valence-corrected chi connectivity index (χ4v) is 2.55. The number of nitrogens with zero attached hydrogens (tertiary/aromatic N) is 1. The molecule has 110 valence electrons. The Balaban J connectivity index is 1.66. The van der Waals surface area contributed by atoms with E-state index >= 15 is 0 Å². The van der Waals surface area contributed by atoms with E-state index in [0.717, 1.165) is 37.9 Å². The predicted octanol–water partition coefficient (Wildman–Crippen LogP) is 2.36. The first-order chi connectivity index (χ1) is 9.75. The number of likely N-dealkylation sites (tertiary alicyclic amines) is 1. The smallest absolute Gasteiger partial charge is 0.236 e. The lowest BCUT2D eigenvalue weighted by Crippen LogP contribution is -2.39. The van der Waals surface area contributed by atoms with Gasteiger partial charge in [0.15, 0.2) is 0 Å². The molecule has 1 aromatic carbocycles. The number of hydrogen-bond acceptors (Lipinski definition) is 2. The SMILES string of the molecule is O=C(CNCCc1cccc(F)c1)N1CCCCCC1. The molecule has 0 bridgehead atoms. The van der Waals surface area contributed by atoms with Crippen LogP contribution in [0.25, 0.3) is 0 Å². The molecule has 1 aliphatic rings. The van der Waals surface area contributed by atoms with E-state index in [-0.39, 0.29) is 11.7 Å². The Morgan fingerprint density at radius 2 is 1.95 bits per heavy atom. The van der Waals surface area contributed by atoms with Crippen molar-refractivity contribution in [3.63, 3.8) is 0 Å². The highest BCUT2D eigenvalue weighted by Crippen LogP contribution is 2.09. The van der Waals surface area contributed by atoms with Crippen molar-refractivity contribution in [2.24, 2.45) is 0 Å². The number of halogens is 1. The summed E-state index contributed by atoms with van der Waals surface area (Å²) in [5, 5.41) is 3.16. The zero-order valence-corrected chi connectivity index (χ0v) is 11.9. The highest BCUT2D eigenvalue weighted by atomic mass is 19.1. The third kappa shape index (κ3) is 4.93. The molecule has 1 fully saturated rings. The number of nitrogens with one attached hydrogen (secondary N) is 1. The third-order valence-corrected chi connectivity index (χ3v) is 3.71. The summed E-state index contributed by atoms with van der Waals surface area (Å²) in [6.45, 7) is 2.87. The minimum Gasteiger partial charge on any atom is -0.342 e. The molecule has 1 aliphatic heterocycles. The number of benzene rings is 1. The van der Waals surface area contributed by atoms with E-state index in [9.17, 15) is 9.18 Å². The summed E-state index contributed by atoms with van der Waals surface area (Å²) in [4.78, 5) is 14.0. The van der Waals surface area contributed by atoms with Crippen LogP contribution in [0.2, 0.25) is 0 Å². The Bertz CT molecular complexity index is 428. The molecule has 1 heterocycles. The molecule has 0 atom stereocenters. The first-order valence-corrected chi connectivity index (χ1v) is 7.48. The van der Waals surface area contributed by atoms with Gasteiger partial charge in [-0.1, -0.05) is 25.0 Å². The fourth-order valence-electron chi connectivity index (χ4n) is 2.55. The van der Waals surface area contributed by atoms with Crippen molar-refractivity contribution in [2.75, 3.05) is 26.2 Å². The molecular formula is C16H23FN2O. The second-order valence-electron chi connectivity index (χ2n) is 5.35. The Morgan fingerprint density at radius 3 is 2.65 bits per heavy atom. The molecule has 0 unspecified atom stereocenters. The third-order valence-electron chi connectivity index (χ3n) is 3.71. The van der Waals surface area contributed by atoms with Gasteiger partial charge in [-0.15, -0.1) is 0 Å². The van der Waals surface area contributed by atoms with Crippen molar-refractivity contribution < 1.29 is 9.18 Å². The van der Waals surface area contributed by atoms with E-state index in [1.54, 1.807) is 6.07 Å². The summed E-state index contributed by atoms with van der Waals surface area (Å²) < 4.78 is 13.0. The molecule has 0 spiro atoms. The second kappa shape index (κ2) is 8.00. The second-order valence-corrected chi connectivity index (χ2v) is 5.35. The van der Waals surface area contributed by atoms with Crippen molar-refractivity contribution in [1.82, 2.24) is 10.2 Å². The Labute approximate surface area is 120 Å². The summed E-state index contributed by atoms with van der Waals surface area (Å²) >= 11 is 0. The van der Waals surface area contributed by atoms with E-state index < -0.39 is 0 Å². The Kier molecular flexibility index (Phi) is 5.99. The van der Waals surface area contributed by atoms with Crippen LogP contribution in [0.15, 0.2) is 24.3 Å². The number of hydrogen-bond donors (Lipinski definition) is 1. The Hall–Kier alpha value is -1.42. The maximum atomic E-state index is 13.0. The lowest BCUT2D eigenvalue weighted by Gasteiger charge is -2.20. The van der Waals surface area contributed by atoms with Gasteiger partial charge >= 0.3 is 0 Å². The number of amides is 1. The van der Waals surface area contributed by atoms with Gasteiger partial charge in [-0.2, -0.15) is 0 Å². The van der Waals surface area contributed by atoms with Crippen molar-refractivity contribution in [3.05, 3.63) is 35.6 Å². The number of carbonyl (C=O) groups is 1. The molecule has 3 nitrogen and oxygen atoms in total. The van der Waals surface area contributed by atoms with Gasteiger partial charge in [-0.3, -0.25) is 4.79 Å². The zero-order chi connectivity index (χ0) is 14.2. The van der Waals surface area contributed by atoms with Gasteiger partial charge in [0.2, 0.25) is 5.91 Å². The van der Waals surface area contributed by atoms with Gasteiger partial charge < -0.3 is 10.2 Å². The van der Waals surface area contributed by atoms with Gasteiger partial charge in [-0.05, 0) is 43.5 Å². The van der Waals surface area contributed by atoms with Crippen molar-refractivity contribution in [2.45, 2.75) is 32.1 Å². The maximum Gasteiger partial charge on any atom is 0.236 e. The minimum atomic E-state index is -0.205. The van der Waals surface area contributed by atoms with Crippen LogP contribution in [-0.2, 0) is 11.2 Å². The molecule has 4 heteroatoms. The Morgan fingerprint density at radius 1 is 1.20 bits per heavy atom. The summed E-state index contributed by atoms with van der Waals surface area (Å²) in [6, 6.07) is 6.60. The molecule has 20 heavy (non-hydrogen) atoms. The van der Waals surface area contributed by atoms with Gasteiger partial charge in [-0.25, -0.2) is 4.39 Å². The molecule has 1 saturated heterocycles. The minimum absolute atomic E-state index is 0.186. The average Bonchev–Trinajstić information content (AvgIpc) is 2.72. The van der Waals surface area contributed by atoms with Crippen LogP contribution in [0.4, 0.5) is 4.39 Å². The molecule has 1 N–H and O–H groups in total. The monoisotopic (exact) mass is 278 g/mol. The molecule has 0 aromatic heterocycles. The largest absolute Gasteiger partial charge is 0.342 e. The normalized spacial score (nSPS) is 15.9. The topological polar surface area (TPSA) is 32.3 Å². The van der Waals surface area contributed by atoms with Crippen LogP contribution in [0.3, 0.4) is 0 Å². The molecule has 0 saturated carbocycles. The lowest BCUT2D eigenvalue weighted by molar-refractivity contribution is -0.130. The fraction of sp³-hybridized carbons (Fsp3) is 0.562. The first-order valence-electron chi connectivity index (χ1n) is 7.48. The highest BCUT2D eigenvalue weighted by Gasteiger charge is 2.14. The molecule has 1 aromatic rings. The standard InChI is InChI=1S/C16H23FN2O/c17-15-7-5-6-14(12-15)8-9-18-13-16(20)19-10-3-1-2-4-11-19/h5-7,12,18H,1-4,8-11,13H2. The molecule has 1 amide bonds. The summed E-state index contributed by atoms with van der Waals surface area (Å²) in [5.74, 6) is -0.0192. The van der Waals surface area contributed by atoms with Crippen LogP contribution in [0.5, 0.6) is 0 Å². The van der Waals surface area contributed by atoms with Crippen LogP contribution in [-0.4, -0.2) is 37.0 Å². The molecule has 2 rings (SSSR count). The van der Waals surface area contributed by atoms with Crippen molar-refractivity contribution >= 4 is 5.91 Å². The van der Waals surface area contributed by atoms with E-state index in [2.05, 4.69) is 5.32 Å². The van der Waals surface area contributed by atoms with Gasteiger partial charge in [0.05, 0.1) is 6.54 Å².